The first-order valence-electron chi connectivity index (χ1n) is 5.89. The normalized spacial score (nSPS) is 17.1. The van der Waals surface area contributed by atoms with E-state index in [-0.39, 0.29) is 6.10 Å². The van der Waals surface area contributed by atoms with Gasteiger partial charge in [0.1, 0.15) is 6.10 Å². The van der Waals surface area contributed by atoms with Crippen LogP contribution in [0.2, 0.25) is 20.1 Å². The van der Waals surface area contributed by atoms with Crippen LogP contribution in [-0.4, -0.2) is 6.54 Å². The number of hydrogen-bond donors (Lipinski definition) is 1. The maximum absolute atomic E-state index is 6.16. The molecule has 1 unspecified atom stereocenters. The van der Waals surface area contributed by atoms with Gasteiger partial charge in [-0.3, -0.25) is 0 Å². The molecule has 6 heteroatoms. The lowest BCUT2D eigenvalue weighted by atomic mass is 10.1. The Kier molecular flexibility index (Phi) is 3.91. The lowest BCUT2D eigenvalue weighted by Crippen LogP contribution is -2.23. The lowest BCUT2D eigenvalue weighted by molar-refractivity contribution is 0.210. The molecule has 0 saturated carbocycles. The van der Waals surface area contributed by atoms with Crippen LogP contribution < -0.4 is 10.1 Å². The molecule has 1 heterocycles. The Hall–Kier alpha value is -0.800. The van der Waals surface area contributed by atoms with Gasteiger partial charge in [-0.05, 0) is 29.8 Å². The number of hydrogen-bond acceptors (Lipinski definition) is 2. The Morgan fingerprint density at radius 2 is 1.75 bits per heavy atom. The predicted molar refractivity (Wildman–Crippen MR) is 84.8 cm³/mol. The Morgan fingerprint density at radius 3 is 2.50 bits per heavy atom. The van der Waals surface area contributed by atoms with E-state index in [0.29, 0.717) is 32.4 Å². The second-order valence-corrected chi connectivity index (χ2v) is 6.08. The second-order valence-electron chi connectivity index (χ2n) is 4.43. The van der Waals surface area contributed by atoms with Crippen molar-refractivity contribution in [2.75, 3.05) is 11.9 Å². The molecule has 1 N–H and O–H groups in total. The minimum absolute atomic E-state index is 0.184. The van der Waals surface area contributed by atoms with Gasteiger partial charge in [0.05, 0.1) is 27.3 Å². The molecule has 0 aliphatic carbocycles. The third-order valence-corrected chi connectivity index (χ3v) is 4.30. The van der Waals surface area contributed by atoms with Gasteiger partial charge in [-0.25, -0.2) is 0 Å². The van der Waals surface area contributed by atoms with Crippen molar-refractivity contribution in [3.05, 3.63) is 56.0 Å². The van der Waals surface area contributed by atoms with E-state index in [4.69, 9.17) is 51.1 Å². The molecule has 104 valence electrons. The fraction of sp³-hybridized carbons (Fsp3) is 0.143. The van der Waals surface area contributed by atoms with E-state index in [2.05, 4.69) is 5.32 Å². The zero-order chi connectivity index (χ0) is 14.3. The maximum Gasteiger partial charge on any atom is 0.162 e. The molecule has 0 amide bonds. The van der Waals surface area contributed by atoms with Gasteiger partial charge in [-0.2, -0.15) is 0 Å². The molecule has 3 rings (SSSR count). The average Bonchev–Trinajstić information content (AvgIpc) is 2.41. The molecule has 0 saturated heterocycles. The largest absolute Gasteiger partial charge is 0.480 e. The van der Waals surface area contributed by atoms with E-state index >= 15 is 0 Å². The number of nitrogens with one attached hydrogen (secondary N) is 1. The van der Waals surface area contributed by atoms with E-state index in [1.54, 1.807) is 24.3 Å². The van der Waals surface area contributed by atoms with E-state index in [9.17, 15) is 0 Å². The van der Waals surface area contributed by atoms with Gasteiger partial charge >= 0.3 is 0 Å². The smallest absolute Gasteiger partial charge is 0.162 e. The van der Waals surface area contributed by atoms with E-state index in [0.717, 1.165) is 11.3 Å². The lowest BCUT2D eigenvalue weighted by Gasteiger charge is -2.28. The molecule has 2 nitrogen and oxygen atoms in total. The summed E-state index contributed by atoms with van der Waals surface area (Å²) in [5, 5.41) is 5.32. The van der Waals surface area contributed by atoms with Crippen molar-refractivity contribution in [1.29, 1.82) is 0 Å². The van der Waals surface area contributed by atoms with Crippen molar-refractivity contribution >= 4 is 52.1 Å². The van der Waals surface area contributed by atoms with Crippen LogP contribution in [-0.2, 0) is 0 Å². The third kappa shape index (κ3) is 2.66. The van der Waals surface area contributed by atoms with Crippen molar-refractivity contribution < 1.29 is 4.74 Å². The summed E-state index contributed by atoms with van der Waals surface area (Å²) in [6.07, 6.45) is -0.184. The molecular weight excluding hydrogens is 340 g/mol. The molecule has 2 aromatic rings. The predicted octanol–water partition coefficient (Wildman–Crippen LogP) is 5.85. The summed E-state index contributed by atoms with van der Waals surface area (Å²) >= 11 is 24.1. The topological polar surface area (TPSA) is 21.3 Å². The van der Waals surface area contributed by atoms with Crippen LogP contribution in [0.25, 0.3) is 0 Å². The Labute approximate surface area is 136 Å². The molecule has 0 fully saturated rings. The molecule has 0 bridgehead atoms. The molecule has 20 heavy (non-hydrogen) atoms. The summed E-state index contributed by atoms with van der Waals surface area (Å²) in [6.45, 7) is 0.599. The van der Waals surface area contributed by atoms with Crippen LogP contribution in [0.15, 0.2) is 30.3 Å². The highest BCUT2D eigenvalue weighted by Gasteiger charge is 2.24. The van der Waals surface area contributed by atoms with E-state index in [1.807, 2.05) is 6.07 Å². The van der Waals surface area contributed by atoms with Crippen LogP contribution in [0.1, 0.15) is 11.7 Å². The summed E-state index contributed by atoms with van der Waals surface area (Å²) in [5.41, 5.74) is 1.72. The van der Waals surface area contributed by atoms with Crippen molar-refractivity contribution in [1.82, 2.24) is 0 Å². The zero-order valence-electron chi connectivity index (χ0n) is 10.1. The van der Waals surface area contributed by atoms with Crippen LogP contribution in [0.5, 0.6) is 5.75 Å². The highest BCUT2D eigenvalue weighted by atomic mass is 35.5. The fourth-order valence-corrected chi connectivity index (χ4v) is 2.94. The van der Waals surface area contributed by atoms with Crippen molar-refractivity contribution in [3.63, 3.8) is 0 Å². The second kappa shape index (κ2) is 5.53. The monoisotopic (exact) mass is 347 g/mol. The first kappa shape index (κ1) is 14.2. The van der Waals surface area contributed by atoms with Crippen molar-refractivity contribution in [3.8, 4) is 5.75 Å². The number of anilines is 1. The molecule has 1 atom stereocenters. The Morgan fingerprint density at radius 1 is 0.950 bits per heavy atom. The van der Waals surface area contributed by atoms with Crippen molar-refractivity contribution in [2.24, 2.45) is 0 Å². The number of rotatable bonds is 1. The minimum Gasteiger partial charge on any atom is -0.480 e. The molecule has 1 aliphatic heterocycles. The van der Waals surface area contributed by atoms with Crippen LogP contribution in [0.3, 0.4) is 0 Å². The maximum atomic E-state index is 6.16. The van der Waals surface area contributed by atoms with Gasteiger partial charge in [0.15, 0.2) is 5.75 Å². The first-order chi connectivity index (χ1) is 9.54. The van der Waals surface area contributed by atoms with Gasteiger partial charge in [0.2, 0.25) is 0 Å². The molecule has 0 radical (unpaired) electrons. The van der Waals surface area contributed by atoms with Gasteiger partial charge < -0.3 is 10.1 Å². The van der Waals surface area contributed by atoms with Crippen molar-refractivity contribution in [2.45, 2.75) is 6.10 Å². The molecule has 0 aromatic heterocycles. The minimum atomic E-state index is -0.184. The fourth-order valence-electron chi connectivity index (χ4n) is 2.10. The van der Waals surface area contributed by atoms with Crippen LogP contribution in [0, 0.1) is 0 Å². The zero-order valence-corrected chi connectivity index (χ0v) is 13.1. The number of ether oxygens (including phenoxy) is 1. The van der Waals surface area contributed by atoms with Gasteiger partial charge in [-0.1, -0.05) is 52.5 Å². The SMILES string of the molecule is Clc1cc(Cl)c2c(c1)NCC(c1ccc(Cl)c(Cl)c1)O2. The van der Waals surface area contributed by atoms with Gasteiger partial charge in [0.25, 0.3) is 0 Å². The first-order valence-corrected chi connectivity index (χ1v) is 7.40. The van der Waals surface area contributed by atoms with Gasteiger partial charge in [0, 0.05) is 5.02 Å². The summed E-state index contributed by atoms with van der Waals surface area (Å²) in [6, 6.07) is 8.87. The number of benzene rings is 2. The van der Waals surface area contributed by atoms with Crippen LogP contribution >= 0.6 is 46.4 Å². The Balaban J connectivity index is 1.93. The highest BCUT2D eigenvalue weighted by Crippen LogP contribution is 2.42. The van der Waals surface area contributed by atoms with E-state index < -0.39 is 0 Å². The molecule has 2 aromatic carbocycles. The van der Waals surface area contributed by atoms with Gasteiger partial charge in [-0.15, -0.1) is 0 Å². The highest BCUT2D eigenvalue weighted by molar-refractivity contribution is 6.42. The number of fused-ring (bicyclic) bond motifs is 1. The third-order valence-electron chi connectivity index (χ3n) is 3.06. The number of halogens is 4. The Bertz CT molecular complexity index is 674. The quantitative estimate of drug-likeness (QED) is 0.698. The standard InChI is InChI=1S/C14H9Cl4NO/c15-8-4-11(18)14-12(5-8)19-6-13(20-14)7-1-2-9(16)10(17)3-7/h1-5,13,19H,6H2. The van der Waals surface area contributed by atoms with Crippen LogP contribution in [0.4, 0.5) is 5.69 Å². The van der Waals surface area contributed by atoms with E-state index in [1.165, 1.54) is 0 Å². The summed E-state index contributed by atoms with van der Waals surface area (Å²) in [7, 11) is 0. The summed E-state index contributed by atoms with van der Waals surface area (Å²) in [4.78, 5) is 0. The average molecular weight is 349 g/mol. The molecule has 1 aliphatic rings. The molecular formula is C14H9Cl4NO. The summed E-state index contributed by atoms with van der Waals surface area (Å²) < 4.78 is 5.94. The summed E-state index contributed by atoms with van der Waals surface area (Å²) in [5.74, 6) is 0.596. The molecule has 0 spiro atoms.